The highest BCUT2D eigenvalue weighted by atomic mass is 15.2. The van der Waals surface area contributed by atoms with Crippen molar-refractivity contribution in [2.75, 3.05) is 19.6 Å². The molecule has 2 aliphatic rings. The van der Waals surface area contributed by atoms with Gasteiger partial charge in [0.05, 0.1) is 0 Å². The van der Waals surface area contributed by atoms with Crippen molar-refractivity contribution in [2.24, 2.45) is 0 Å². The van der Waals surface area contributed by atoms with Gasteiger partial charge in [0.1, 0.15) is 0 Å². The molecule has 0 radical (unpaired) electrons. The van der Waals surface area contributed by atoms with Gasteiger partial charge in [-0.2, -0.15) is 0 Å². The Kier molecular flexibility index (Phi) is 3.82. The molecule has 2 fully saturated rings. The van der Waals surface area contributed by atoms with Crippen LogP contribution in [-0.2, 0) is 0 Å². The summed E-state index contributed by atoms with van der Waals surface area (Å²) in [5.41, 5.74) is 0. The molecule has 0 aliphatic carbocycles. The molecular weight excluding hydrogens is 172 g/mol. The summed E-state index contributed by atoms with van der Waals surface area (Å²) in [6.45, 7) is 6.16. The molecule has 2 aliphatic heterocycles. The molecule has 2 heteroatoms. The summed E-state index contributed by atoms with van der Waals surface area (Å²) < 4.78 is 0. The normalized spacial score (nSPS) is 31.1. The van der Waals surface area contributed by atoms with Crippen LogP contribution in [0.15, 0.2) is 0 Å². The minimum absolute atomic E-state index is 0.898. The minimum atomic E-state index is 0.898. The topological polar surface area (TPSA) is 15.3 Å². The molecule has 0 spiro atoms. The van der Waals surface area contributed by atoms with Crippen molar-refractivity contribution in [3.05, 3.63) is 0 Å². The predicted octanol–water partition coefficient (Wildman–Crippen LogP) is 2.00. The van der Waals surface area contributed by atoms with Gasteiger partial charge in [0.2, 0.25) is 0 Å². The van der Waals surface area contributed by atoms with E-state index in [0.717, 1.165) is 12.1 Å². The van der Waals surface area contributed by atoms with Crippen molar-refractivity contribution in [3.63, 3.8) is 0 Å². The maximum absolute atomic E-state index is 3.46. The fourth-order valence-electron chi connectivity index (χ4n) is 3.12. The van der Waals surface area contributed by atoms with Crippen molar-refractivity contribution in [3.8, 4) is 0 Å². The van der Waals surface area contributed by atoms with Crippen LogP contribution < -0.4 is 5.32 Å². The summed E-state index contributed by atoms with van der Waals surface area (Å²) in [6, 6.07) is 1.82. The highest BCUT2D eigenvalue weighted by Crippen LogP contribution is 2.26. The Labute approximate surface area is 88.1 Å². The first kappa shape index (κ1) is 10.4. The van der Waals surface area contributed by atoms with Crippen molar-refractivity contribution in [1.29, 1.82) is 0 Å². The second-order valence-corrected chi connectivity index (χ2v) is 4.80. The van der Waals surface area contributed by atoms with E-state index in [-0.39, 0.29) is 0 Å². The van der Waals surface area contributed by atoms with Gasteiger partial charge in [0.15, 0.2) is 0 Å². The summed E-state index contributed by atoms with van der Waals surface area (Å²) in [5.74, 6) is 0. The van der Waals surface area contributed by atoms with Crippen LogP contribution in [0.3, 0.4) is 0 Å². The average molecular weight is 196 g/mol. The number of nitrogens with one attached hydrogen (secondary N) is 1. The Morgan fingerprint density at radius 2 is 2.00 bits per heavy atom. The zero-order valence-electron chi connectivity index (χ0n) is 9.47. The van der Waals surface area contributed by atoms with Crippen molar-refractivity contribution in [2.45, 2.75) is 57.5 Å². The van der Waals surface area contributed by atoms with Gasteiger partial charge in [0, 0.05) is 12.1 Å². The molecular formula is C12H24N2. The molecule has 1 atom stereocenters. The number of rotatable bonds is 3. The molecule has 1 unspecified atom stereocenters. The van der Waals surface area contributed by atoms with Crippen LogP contribution in [0.2, 0.25) is 0 Å². The largest absolute Gasteiger partial charge is 0.317 e. The van der Waals surface area contributed by atoms with Gasteiger partial charge >= 0.3 is 0 Å². The number of hydrogen-bond donors (Lipinski definition) is 1. The third-order valence-corrected chi connectivity index (χ3v) is 3.82. The number of nitrogens with zero attached hydrogens (tertiary/aromatic N) is 1. The van der Waals surface area contributed by atoms with Crippen molar-refractivity contribution in [1.82, 2.24) is 10.2 Å². The lowest BCUT2D eigenvalue weighted by molar-refractivity contribution is 0.141. The predicted molar refractivity (Wildman–Crippen MR) is 60.5 cm³/mol. The Hall–Kier alpha value is -0.0800. The Bertz CT molecular complexity index is 164. The van der Waals surface area contributed by atoms with E-state index in [0.29, 0.717) is 0 Å². The van der Waals surface area contributed by atoms with Crippen LogP contribution in [-0.4, -0.2) is 36.6 Å². The maximum Gasteiger partial charge on any atom is 0.0122 e. The smallest absolute Gasteiger partial charge is 0.0122 e. The first-order valence-corrected chi connectivity index (χ1v) is 6.38. The number of piperidine rings is 1. The van der Waals surface area contributed by atoms with Crippen molar-refractivity contribution >= 4 is 0 Å². The number of likely N-dealkylation sites (tertiary alicyclic amines) is 1. The lowest BCUT2D eigenvalue weighted by Crippen LogP contribution is -2.45. The first-order chi connectivity index (χ1) is 6.92. The summed E-state index contributed by atoms with van der Waals surface area (Å²) >= 11 is 0. The van der Waals surface area contributed by atoms with E-state index in [9.17, 15) is 0 Å². The van der Waals surface area contributed by atoms with Crippen molar-refractivity contribution < 1.29 is 0 Å². The molecule has 2 saturated heterocycles. The molecule has 0 amide bonds. The van der Waals surface area contributed by atoms with E-state index in [1.165, 1.54) is 58.2 Å². The molecule has 0 aromatic heterocycles. The molecule has 0 aromatic rings. The molecule has 1 N–H and O–H groups in total. The molecule has 82 valence electrons. The SMILES string of the molecule is CCCC1CCCN1C1CCNCC1. The monoisotopic (exact) mass is 196 g/mol. The van der Waals surface area contributed by atoms with E-state index in [1.54, 1.807) is 0 Å². The molecule has 2 rings (SSSR count). The molecule has 2 nitrogen and oxygen atoms in total. The summed E-state index contributed by atoms with van der Waals surface area (Å²) in [7, 11) is 0. The van der Waals surface area contributed by atoms with Gasteiger partial charge in [0.25, 0.3) is 0 Å². The standard InChI is InChI=1S/C12H24N2/c1-2-4-11-5-3-10-14(11)12-6-8-13-9-7-12/h11-13H,2-10H2,1H3. The third kappa shape index (κ3) is 2.29. The molecule has 0 aromatic carbocycles. The van der Waals surface area contributed by atoms with Crippen LogP contribution in [0.5, 0.6) is 0 Å². The van der Waals surface area contributed by atoms with E-state index in [2.05, 4.69) is 17.1 Å². The minimum Gasteiger partial charge on any atom is -0.317 e. The first-order valence-electron chi connectivity index (χ1n) is 6.38. The fourth-order valence-corrected chi connectivity index (χ4v) is 3.12. The van der Waals surface area contributed by atoms with Crippen LogP contribution in [0.1, 0.15) is 45.4 Å². The zero-order chi connectivity index (χ0) is 9.80. The molecule has 0 saturated carbocycles. The lowest BCUT2D eigenvalue weighted by Gasteiger charge is -2.35. The van der Waals surface area contributed by atoms with Gasteiger partial charge in [-0.15, -0.1) is 0 Å². The zero-order valence-corrected chi connectivity index (χ0v) is 9.47. The third-order valence-electron chi connectivity index (χ3n) is 3.82. The number of hydrogen-bond acceptors (Lipinski definition) is 2. The van der Waals surface area contributed by atoms with Crippen LogP contribution >= 0.6 is 0 Å². The molecule has 0 bridgehead atoms. The van der Waals surface area contributed by atoms with Gasteiger partial charge in [-0.1, -0.05) is 13.3 Å². The van der Waals surface area contributed by atoms with E-state index in [1.807, 2.05) is 0 Å². The van der Waals surface area contributed by atoms with E-state index < -0.39 is 0 Å². The summed E-state index contributed by atoms with van der Waals surface area (Å²) in [6.07, 6.45) is 8.42. The summed E-state index contributed by atoms with van der Waals surface area (Å²) in [4.78, 5) is 2.81. The Balaban J connectivity index is 1.87. The quantitative estimate of drug-likeness (QED) is 0.743. The second kappa shape index (κ2) is 5.13. The van der Waals surface area contributed by atoms with Gasteiger partial charge < -0.3 is 5.32 Å². The van der Waals surface area contributed by atoms with Crippen LogP contribution in [0, 0.1) is 0 Å². The highest BCUT2D eigenvalue weighted by molar-refractivity contribution is 4.86. The summed E-state index contributed by atoms with van der Waals surface area (Å²) in [5, 5.41) is 3.46. The lowest BCUT2D eigenvalue weighted by atomic mass is 10.0. The second-order valence-electron chi connectivity index (χ2n) is 4.80. The Morgan fingerprint density at radius 3 is 2.71 bits per heavy atom. The van der Waals surface area contributed by atoms with Gasteiger partial charge in [-0.25, -0.2) is 0 Å². The Morgan fingerprint density at radius 1 is 1.21 bits per heavy atom. The molecule has 14 heavy (non-hydrogen) atoms. The average Bonchev–Trinajstić information content (AvgIpc) is 2.68. The van der Waals surface area contributed by atoms with E-state index >= 15 is 0 Å². The van der Waals surface area contributed by atoms with Gasteiger partial charge in [-0.05, 0) is 51.7 Å². The highest BCUT2D eigenvalue weighted by Gasteiger charge is 2.30. The van der Waals surface area contributed by atoms with Crippen LogP contribution in [0.25, 0.3) is 0 Å². The van der Waals surface area contributed by atoms with Gasteiger partial charge in [-0.3, -0.25) is 4.90 Å². The van der Waals surface area contributed by atoms with E-state index in [4.69, 9.17) is 0 Å². The maximum atomic E-state index is 3.46. The fraction of sp³-hybridized carbons (Fsp3) is 1.00. The van der Waals surface area contributed by atoms with Crippen LogP contribution in [0.4, 0.5) is 0 Å². The molecule has 2 heterocycles.